The van der Waals surface area contributed by atoms with Gasteiger partial charge in [0.05, 0.1) is 0 Å². The maximum atomic E-state index is 12.2. The summed E-state index contributed by atoms with van der Waals surface area (Å²) in [6.45, 7) is 0.884. The topological polar surface area (TPSA) is 32.3 Å². The van der Waals surface area contributed by atoms with Gasteiger partial charge >= 0.3 is 0 Å². The van der Waals surface area contributed by atoms with Gasteiger partial charge < -0.3 is 10.2 Å². The Bertz CT molecular complexity index is 452. The smallest absolute Gasteiger partial charge is 0.230 e. The van der Waals surface area contributed by atoms with Crippen LogP contribution in [0.4, 0.5) is 11.4 Å². The maximum absolute atomic E-state index is 12.2. The average molecular weight is 230 g/mol. The molecule has 1 heterocycles. The largest absolute Gasteiger partial charge is 0.388 e. The predicted molar refractivity (Wildman–Crippen MR) is 69.4 cm³/mol. The number of benzene rings is 1. The number of nitrogens with zero attached hydrogens (tertiary/aromatic N) is 1. The first-order valence-corrected chi connectivity index (χ1v) is 6.41. The second-order valence-corrected chi connectivity index (χ2v) is 4.96. The molecule has 1 saturated carbocycles. The Morgan fingerprint density at radius 3 is 2.94 bits per heavy atom. The summed E-state index contributed by atoms with van der Waals surface area (Å²) in [5, 5.41) is 3.14. The van der Waals surface area contributed by atoms with Crippen LogP contribution in [0, 0.1) is 5.92 Å². The van der Waals surface area contributed by atoms with Crippen molar-refractivity contribution in [3.63, 3.8) is 0 Å². The Morgan fingerprint density at radius 1 is 1.41 bits per heavy atom. The van der Waals surface area contributed by atoms with Crippen molar-refractivity contribution in [3.8, 4) is 0 Å². The lowest BCUT2D eigenvalue weighted by atomic mass is 10.0. The molecule has 1 aliphatic heterocycles. The average Bonchev–Trinajstić information content (AvgIpc) is 3.21. The molecule has 0 spiro atoms. The Balaban J connectivity index is 1.96. The van der Waals surface area contributed by atoms with Gasteiger partial charge in [-0.1, -0.05) is 6.07 Å². The second-order valence-electron chi connectivity index (χ2n) is 4.96. The first-order valence-electron chi connectivity index (χ1n) is 6.41. The van der Waals surface area contributed by atoms with Gasteiger partial charge in [0.25, 0.3) is 0 Å². The molecule has 1 aromatic carbocycles. The number of hydrogen-bond donors (Lipinski definition) is 1. The minimum Gasteiger partial charge on any atom is -0.388 e. The van der Waals surface area contributed by atoms with Gasteiger partial charge in [0.15, 0.2) is 0 Å². The van der Waals surface area contributed by atoms with Crippen molar-refractivity contribution in [2.45, 2.75) is 25.7 Å². The highest BCUT2D eigenvalue weighted by Crippen LogP contribution is 2.36. The minimum absolute atomic E-state index is 0.305. The fourth-order valence-electron chi connectivity index (χ4n) is 2.51. The van der Waals surface area contributed by atoms with E-state index in [-0.39, 0.29) is 0 Å². The molecule has 1 fully saturated rings. The summed E-state index contributed by atoms with van der Waals surface area (Å²) < 4.78 is 0. The number of aryl methyl sites for hydroxylation is 1. The van der Waals surface area contributed by atoms with E-state index >= 15 is 0 Å². The molecule has 0 saturated heterocycles. The normalized spacial score (nSPS) is 18.8. The van der Waals surface area contributed by atoms with Gasteiger partial charge in [-0.15, -0.1) is 0 Å². The maximum Gasteiger partial charge on any atom is 0.230 e. The van der Waals surface area contributed by atoms with Crippen LogP contribution in [-0.2, 0) is 11.2 Å². The highest BCUT2D eigenvalue weighted by Gasteiger charge is 2.35. The van der Waals surface area contributed by atoms with Crippen molar-refractivity contribution in [1.29, 1.82) is 0 Å². The summed E-state index contributed by atoms with van der Waals surface area (Å²) in [6, 6.07) is 6.34. The molecule has 0 radical (unpaired) electrons. The van der Waals surface area contributed by atoms with E-state index in [4.69, 9.17) is 0 Å². The molecular formula is C14H18N2O. The van der Waals surface area contributed by atoms with Crippen LogP contribution in [0.3, 0.4) is 0 Å². The van der Waals surface area contributed by atoms with E-state index in [0.717, 1.165) is 43.6 Å². The third-order valence-electron chi connectivity index (χ3n) is 3.69. The Labute approximate surface area is 102 Å². The van der Waals surface area contributed by atoms with Crippen LogP contribution in [0.15, 0.2) is 18.2 Å². The van der Waals surface area contributed by atoms with Crippen molar-refractivity contribution in [2.75, 3.05) is 23.8 Å². The monoisotopic (exact) mass is 230 g/mol. The minimum atomic E-state index is 0.305. The number of carbonyl (C=O) groups excluding carboxylic acids is 1. The standard InChI is InChI=1S/C14H18N2O/c1-15-12-7-6-10-3-2-8-16(13(10)9-12)14(17)11-4-5-11/h6-7,9,11,15H,2-5,8H2,1H3. The summed E-state index contributed by atoms with van der Waals surface area (Å²) in [5.41, 5.74) is 3.52. The molecule has 2 aliphatic rings. The fraction of sp³-hybridized carbons (Fsp3) is 0.500. The van der Waals surface area contributed by atoms with Crippen LogP contribution >= 0.6 is 0 Å². The van der Waals surface area contributed by atoms with Crippen LogP contribution in [0.1, 0.15) is 24.8 Å². The fourth-order valence-corrected chi connectivity index (χ4v) is 2.51. The van der Waals surface area contributed by atoms with Gasteiger partial charge in [0.2, 0.25) is 5.91 Å². The Morgan fingerprint density at radius 2 is 2.24 bits per heavy atom. The van der Waals surface area contributed by atoms with Gasteiger partial charge in [-0.25, -0.2) is 0 Å². The van der Waals surface area contributed by atoms with Crippen LogP contribution in [-0.4, -0.2) is 19.5 Å². The number of fused-ring (bicyclic) bond motifs is 1. The lowest BCUT2D eigenvalue weighted by Crippen LogP contribution is -2.36. The quantitative estimate of drug-likeness (QED) is 0.846. The van der Waals surface area contributed by atoms with E-state index < -0.39 is 0 Å². The number of rotatable bonds is 2. The molecule has 1 aliphatic carbocycles. The van der Waals surface area contributed by atoms with E-state index in [1.165, 1.54) is 5.56 Å². The van der Waals surface area contributed by atoms with E-state index in [1.807, 2.05) is 11.9 Å². The molecule has 3 nitrogen and oxygen atoms in total. The summed E-state index contributed by atoms with van der Waals surface area (Å²) in [4.78, 5) is 14.2. The lowest BCUT2D eigenvalue weighted by molar-refractivity contribution is -0.119. The van der Waals surface area contributed by atoms with Crippen LogP contribution in [0.2, 0.25) is 0 Å². The molecule has 1 N–H and O–H groups in total. The van der Waals surface area contributed by atoms with Gasteiger partial charge in [-0.2, -0.15) is 0 Å². The summed E-state index contributed by atoms with van der Waals surface area (Å²) in [7, 11) is 1.91. The molecule has 0 aromatic heterocycles. The number of nitrogens with one attached hydrogen (secondary N) is 1. The lowest BCUT2D eigenvalue weighted by Gasteiger charge is -2.30. The molecular weight excluding hydrogens is 212 g/mol. The number of anilines is 2. The summed E-state index contributed by atoms with van der Waals surface area (Å²) in [5.74, 6) is 0.637. The number of amides is 1. The summed E-state index contributed by atoms with van der Waals surface area (Å²) in [6.07, 6.45) is 4.34. The van der Waals surface area contributed by atoms with E-state index in [1.54, 1.807) is 0 Å². The van der Waals surface area contributed by atoms with Crippen molar-refractivity contribution in [3.05, 3.63) is 23.8 Å². The van der Waals surface area contributed by atoms with Crippen molar-refractivity contribution in [2.24, 2.45) is 5.92 Å². The van der Waals surface area contributed by atoms with Crippen molar-refractivity contribution < 1.29 is 4.79 Å². The van der Waals surface area contributed by atoms with Crippen LogP contribution in [0.5, 0.6) is 0 Å². The molecule has 90 valence electrons. The Hall–Kier alpha value is -1.51. The molecule has 1 aromatic rings. The second kappa shape index (κ2) is 4.06. The van der Waals surface area contributed by atoms with Crippen molar-refractivity contribution in [1.82, 2.24) is 0 Å². The molecule has 0 atom stereocenters. The predicted octanol–water partition coefficient (Wildman–Crippen LogP) is 2.42. The molecule has 17 heavy (non-hydrogen) atoms. The van der Waals surface area contributed by atoms with E-state index in [9.17, 15) is 4.79 Å². The summed E-state index contributed by atoms with van der Waals surface area (Å²) >= 11 is 0. The van der Waals surface area contributed by atoms with Gasteiger partial charge in [0, 0.05) is 30.9 Å². The van der Waals surface area contributed by atoms with E-state index in [0.29, 0.717) is 11.8 Å². The van der Waals surface area contributed by atoms with Gasteiger partial charge in [-0.3, -0.25) is 4.79 Å². The number of carbonyl (C=O) groups is 1. The van der Waals surface area contributed by atoms with Crippen LogP contribution in [0.25, 0.3) is 0 Å². The molecule has 3 heteroatoms. The van der Waals surface area contributed by atoms with E-state index in [2.05, 4.69) is 23.5 Å². The molecule has 0 unspecified atom stereocenters. The third-order valence-corrected chi connectivity index (χ3v) is 3.69. The van der Waals surface area contributed by atoms with Gasteiger partial charge in [0.1, 0.15) is 0 Å². The van der Waals surface area contributed by atoms with Crippen LogP contribution < -0.4 is 10.2 Å². The highest BCUT2D eigenvalue weighted by molar-refractivity contribution is 5.98. The molecule has 0 bridgehead atoms. The molecule has 3 rings (SSSR count). The zero-order valence-corrected chi connectivity index (χ0v) is 10.2. The van der Waals surface area contributed by atoms with Gasteiger partial charge in [-0.05, 0) is 43.4 Å². The first kappa shape index (κ1) is 10.6. The third kappa shape index (κ3) is 1.90. The first-order chi connectivity index (χ1) is 8.29. The zero-order valence-electron chi connectivity index (χ0n) is 10.2. The number of hydrogen-bond acceptors (Lipinski definition) is 2. The SMILES string of the molecule is CNc1ccc2c(c1)N(C(=O)C1CC1)CCC2. The Kier molecular flexibility index (Phi) is 2.54. The zero-order chi connectivity index (χ0) is 11.8. The molecule has 1 amide bonds. The highest BCUT2D eigenvalue weighted by atomic mass is 16.2. The van der Waals surface area contributed by atoms with Crippen molar-refractivity contribution >= 4 is 17.3 Å².